The maximum atomic E-state index is 6.28. The number of ether oxygens (including phenoxy) is 1. The fourth-order valence-electron chi connectivity index (χ4n) is 4.41. The second-order valence-electron chi connectivity index (χ2n) is 7.38. The topological polar surface area (TPSA) is 38.5 Å². The summed E-state index contributed by atoms with van der Waals surface area (Å²) in [6, 6.07) is 0.648. The Morgan fingerprint density at radius 3 is 2.70 bits per heavy atom. The van der Waals surface area contributed by atoms with Crippen LogP contribution >= 0.6 is 0 Å². The fourth-order valence-corrected chi connectivity index (χ4v) is 4.41. The lowest BCUT2D eigenvalue weighted by Gasteiger charge is -2.55. The minimum atomic E-state index is 0.181. The first-order valence-electron chi connectivity index (χ1n) is 8.61. The molecule has 5 unspecified atom stereocenters. The predicted octanol–water partition coefficient (Wildman–Crippen LogP) is 3.03. The van der Waals surface area contributed by atoms with Gasteiger partial charge in [0.2, 0.25) is 0 Å². The molecule has 0 amide bonds. The molecule has 0 aliphatic carbocycles. The fraction of sp³-hybridized carbons (Fsp3) is 1.00. The first-order valence-corrected chi connectivity index (χ1v) is 8.61. The van der Waals surface area contributed by atoms with Crippen LogP contribution < -0.4 is 5.73 Å². The molecule has 2 heterocycles. The first-order chi connectivity index (χ1) is 9.52. The van der Waals surface area contributed by atoms with Crippen LogP contribution in [0.5, 0.6) is 0 Å². The van der Waals surface area contributed by atoms with Crippen LogP contribution in [0.1, 0.15) is 59.8 Å². The lowest BCUT2D eigenvalue weighted by Crippen LogP contribution is -2.64. The molecule has 3 nitrogen and oxygen atoms in total. The van der Waals surface area contributed by atoms with Crippen LogP contribution in [-0.2, 0) is 4.74 Å². The molecule has 0 spiro atoms. The van der Waals surface area contributed by atoms with Gasteiger partial charge in [0.1, 0.15) is 0 Å². The summed E-state index contributed by atoms with van der Waals surface area (Å²) in [5.74, 6) is 1.56. The van der Waals surface area contributed by atoms with E-state index in [-0.39, 0.29) is 5.54 Å². The van der Waals surface area contributed by atoms with Gasteiger partial charge in [0.05, 0.1) is 6.10 Å². The van der Waals surface area contributed by atoms with E-state index in [0.29, 0.717) is 12.1 Å². The van der Waals surface area contributed by atoms with E-state index in [1.54, 1.807) is 0 Å². The maximum Gasteiger partial charge on any atom is 0.0593 e. The van der Waals surface area contributed by atoms with Gasteiger partial charge in [0.15, 0.2) is 0 Å². The van der Waals surface area contributed by atoms with Gasteiger partial charge in [-0.2, -0.15) is 0 Å². The predicted molar refractivity (Wildman–Crippen MR) is 84.8 cm³/mol. The van der Waals surface area contributed by atoms with Gasteiger partial charge in [0.25, 0.3) is 0 Å². The zero-order chi connectivity index (χ0) is 14.8. The Labute approximate surface area is 125 Å². The molecule has 0 bridgehead atoms. The Morgan fingerprint density at radius 1 is 1.30 bits per heavy atom. The highest BCUT2D eigenvalue weighted by atomic mass is 16.5. The third-order valence-electron chi connectivity index (χ3n) is 5.73. The second-order valence-corrected chi connectivity index (χ2v) is 7.38. The van der Waals surface area contributed by atoms with Crippen LogP contribution in [0.4, 0.5) is 0 Å². The van der Waals surface area contributed by atoms with E-state index in [2.05, 4.69) is 32.6 Å². The van der Waals surface area contributed by atoms with Crippen LogP contribution in [0.25, 0.3) is 0 Å². The van der Waals surface area contributed by atoms with E-state index in [0.717, 1.165) is 37.8 Å². The zero-order valence-electron chi connectivity index (χ0n) is 13.9. The molecule has 2 rings (SSSR count). The average Bonchev–Trinajstić information content (AvgIpc) is 2.43. The molecule has 0 aromatic heterocycles. The van der Waals surface area contributed by atoms with Crippen molar-refractivity contribution in [2.45, 2.75) is 77.5 Å². The Bertz CT molecular complexity index is 307. The van der Waals surface area contributed by atoms with Gasteiger partial charge < -0.3 is 10.5 Å². The molecule has 5 atom stereocenters. The van der Waals surface area contributed by atoms with E-state index in [1.807, 2.05) is 0 Å². The van der Waals surface area contributed by atoms with Gasteiger partial charge in [-0.3, -0.25) is 4.90 Å². The Balaban J connectivity index is 2.16. The molecule has 2 aliphatic rings. The largest absolute Gasteiger partial charge is 0.378 e. The minimum Gasteiger partial charge on any atom is -0.378 e. The molecule has 0 aromatic carbocycles. The lowest BCUT2D eigenvalue weighted by atomic mass is 9.77. The summed E-state index contributed by atoms with van der Waals surface area (Å²) in [6.07, 6.45) is 6.38. The van der Waals surface area contributed by atoms with Crippen LogP contribution in [-0.4, -0.2) is 42.3 Å². The first kappa shape index (κ1) is 16.3. The molecule has 0 radical (unpaired) electrons. The van der Waals surface area contributed by atoms with Gasteiger partial charge in [-0.15, -0.1) is 0 Å². The number of hydrogen-bond acceptors (Lipinski definition) is 3. The lowest BCUT2D eigenvalue weighted by molar-refractivity contribution is -0.105. The van der Waals surface area contributed by atoms with Crippen molar-refractivity contribution in [2.24, 2.45) is 17.6 Å². The van der Waals surface area contributed by atoms with Crippen molar-refractivity contribution in [1.29, 1.82) is 0 Å². The second kappa shape index (κ2) is 6.76. The summed E-state index contributed by atoms with van der Waals surface area (Å²) in [6.45, 7) is 12.3. The summed E-state index contributed by atoms with van der Waals surface area (Å²) < 4.78 is 5.97. The van der Waals surface area contributed by atoms with Crippen LogP contribution in [0, 0.1) is 11.8 Å². The normalized spacial score (nSPS) is 43.6. The number of nitrogens with zero attached hydrogens (tertiary/aromatic N) is 1. The number of nitrogens with two attached hydrogens (primary N) is 1. The zero-order valence-corrected chi connectivity index (χ0v) is 13.9. The average molecular weight is 282 g/mol. The van der Waals surface area contributed by atoms with Crippen LogP contribution in [0.15, 0.2) is 0 Å². The molecule has 3 heteroatoms. The third kappa shape index (κ3) is 3.20. The Hall–Kier alpha value is -0.120. The Kier molecular flexibility index (Phi) is 5.49. The van der Waals surface area contributed by atoms with E-state index >= 15 is 0 Å². The van der Waals surface area contributed by atoms with Crippen molar-refractivity contribution in [3.8, 4) is 0 Å². The van der Waals surface area contributed by atoms with Crippen LogP contribution in [0.3, 0.4) is 0 Å². The number of piperidine rings is 1. The summed E-state index contributed by atoms with van der Waals surface area (Å²) >= 11 is 0. The highest BCUT2D eigenvalue weighted by Crippen LogP contribution is 2.39. The SMILES string of the molecule is CCCC1CC(CN)(N2CC(C)CC(C)C2C)CCO1. The van der Waals surface area contributed by atoms with Crippen molar-refractivity contribution < 1.29 is 4.74 Å². The molecule has 2 saturated heterocycles. The molecule has 118 valence electrons. The summed E-state index contributed by atoms with van der Waals surface area (Å²) in [5.41, 5.74) is 6.46. The van der Waals surface area contributed by atoms with E-state index in [9.17, 15) is 0 Å². The molecule has 2 N–H and O–H groups in total. The highest BCUT2D eigenvalue weighted by Gasteiger charge is 2.45. The van der Waals surface area contributed by atoms with Crippen LogP contribution in [0.2, 0.25) is 0 Å². The van der Waals surface area contributed by atoms with Crippen molar-refractivity contribution in [1.82, 2.24) is 4.90 Å². The van der Waals surface area contributed by atoms with Crippen molar-refractivity contribution in [3.63, 3.8) is 0 Å². The van der Waals surface area contributed by atoms with E-state index in [1.165, 1.54) is 25.8 Å². The molecular formula is C17H34N2O. The smallest absolute Gasteiger partial charge is 0.0593 e. The monoisotopic (exact) mass is 282 g/mol. The van der Waals surface area contributed by atoms with Crippen molar-refractivity contribution in [2.75, 3.05) is 19.7 Å². The summed E-state index contributed by atoms with van der Waals surface area (Å²) in [7, 11) is 0. The van der Waals surface area contributed by atoms with Gasteiger partial charge in [-0.05, 0) is 44.4 Å². The van der Waals surface area contributed by atoms with E-state index < -0.39 is 0 Å². The third-order valence-corrected chi connectivity index (χ3v) is 5.73. The van der Waals surface area contributed by atoms with Crippen molar-refractivity contribution in [3.05, 3.63) is 0 Å². The molecular weight excluding hydrogens is 248 g/mol. The van der Waals surface area contributed by atoms with Gasteiger partial charge in [0, 0.05) is 31.3 Å². The number of hydrogen-bond donors (Lipinski definition) is 1. The maximum absolute atomic E-state index is 6.28. The van der Waals surface area contributed by atoms with Gasteiger partial charge in [-0.25, -0.2) is 0 Å². The molecule has 0 aromatic rings. The minimum absolute atomic E-state index is 0.181. The molecule has 2 fully saturated rings. The standard InChI is InChI=1S/C17H34N2O/c1-5-6-16-10-17(12-18,7-8-20-16)19-11-13(2)9-14(3)15(19)4/h13-16H,5-12,18H2,1-4H3. The molecule has 2 aliphatic heterocycles. The van der Waals surface area contributed by atoms with Gasteiger partial charge in [-0.1, -0.05) is 27.2 Å². The van der Waals surface area contributed by atoms with Crippen molar-refractivity contribution >= 4 is 0 Å². The van der Waals surface area contributed by atoms with Gasteiger partial charge >= 0.3 is 0 Å². The quantitative estimate of drug-likeness (QED) is 0.861. The van der Waals surface area contributed by atoms with E-state index in [4.69, 9.17) is 10.5 Å². The number of rotatable bonds is 4. The molecule has 20 heavy (non-hydrogen) atoms. The summed E-state index contributed by atoms with van der Waals surface area (Å²) in [5, 5.41) is 0. The molecule has 0 saturated carbocycles. The highest BCUT2D eigenvalue weighted by molar-refractivity contribution is 5.01. The summed E-state index contributed by atoms with van der Waals surface area (Å²) in [4.78, 5) is 2.75. The number of likely N-dealkylation sites (tertiary alicyclic amines) is 1. The Morgan fingerprint density at radius 2 is 2.05 bits per heavy atom.